The van der Waals surface area contributed by atoms with Crippen LogP contribution in [-0.4, -0.2) is 19.1 Å². The van der Waals surface area contributed by atoms with Crippen molar-refractivity contribution in [2.75, 3.05) is 18.5 Å². The van der Waals surface area contributed by atoms with Crippen molar-refractivity contribution in [2.45, 2.75) is 27.2 Å². The van der Waals surface area contributed by atoms with Crippen molar-refractivity contribution in [3.63, 3.8) is 0 Å². The minimum atomic E-state index is -0.0306. The number of benzene rings is 1. The second-order valence-electron chi connectivity index (χ2n) is 5.42. The molecule has 1 amide bonds. The molecule has 0 atom stereocenters. The van der Waals surface area contributed by atoms with Gasteiger partial charge in [-0.2, -0.15) is 0 Å². The Morgan fingerprint density at radius 2 is 2.00 bits per heavy atom. The van der Waals surface area contributed by atoms with Gasteiger partial charge < -0.3 is 15.8 Å². The third-order valence-electron chi connectivity index (χ3n) is 2.23. The summed E-state index contributed by atoms with van der Waals surface area (Å²) in [6, 6.07) is 7.38. The first-order chi connectivity index (χ1) is 8.42. The molecule has 100 valence electrons. The highest BCUT2D eigenvalue weighted by Gasteiger charge is 2.16. The maximum Gasteiger partial charge on any atom is 0.224 e. The fourth-order valence-corrected chi connectivity index (χ4v) is 1.54. The topological polar surface area (TPSA) is 64.3 Å². The lowest BCUT2D eigenvalue weighted by molar-refractivity contribution is -0.117. The van der Waals surface area contributed by atoms with Crippen LogP contribution >= 0.6 is 0 Å². The second-order valence-corrected chi connectivity index (χ2v) is 5.42. The second kappa shape index (κ2) is 6.40. The standard InChI is InChI=1S/C14H22N2O2/c1-14(2,3)10-13(17)16-11-6-4-5-7-12(11)18-9-8-15/h4-7H,8-10,15H2,1-3H3,(H,16,17). The van der Waals surface area contributed by atoms with Crippen LogP contribution in [0.5, 0.6) is 5.75 Å². The van der Waals surface area contributed by atoms with Gasteiger partial charge in [0.15, 0.2) is 0 Å². The molecule has 0 fully saturated rings. The first-order valence-electron chi connectivity index (χ1n) is 6.14. The molecule has 0 aliphatic carbocycles. The number of ether oxygens (including phenoxy) is 1. The number of nitrogens with one attached hydrogen (secondary N) is 1. The van der Waals surface area contributed by atoms with Crippen molar-refractivity contribution < 1.29 is 9.53 Å². The number of amides is 1. The molecule has 0 saturated heterocycles. The third kappa shape index (κ3) is 5.19. The predicted molar refractivity (Wildman–Crippen MR) is 73.7 cm³/mol. The molecule has 1 aromatic carbocycles. The van der Waals surface area contributed by atoms with Gasteiger partial charge in [-0.15, -0.1) is 0 Å². The van der Waals surface area contributed by atoms with Crippen LogP contribution in [0.1, 0.15) is 27.2 Å². The summed E-state index contributed by atoms with van der Waals surface area (Å²) in [5.74, 6) is 0.650. The van der Waals surface area contributed by atoms with E-state index < -0.39 is 0 Å². The van der Waals surface area contributed by atoms with Crippen molar-refractivity contribution in [1.82, 2.24) is 0 Å². The summed E-state index contributed by atoms with van der Waals surface area (Å²) in [6.45, 7) is 6.98. The summed E-state index contributed by atoms with van der Waals surface area (Å²) in [5.41, 5.74) is 6.06. The van der Waals surface area contributed by atoms with E-state index in [4.69, 9.17) is 10.5 Å². The van der Waals surface area contributed by atoms with Gasteiger partial charge in [0.2, 0.25) is 5.91 Å². The van der Waals surface area contributed by atoms with Gasteiger partial charge in [-0.1, -0.05) is 32.9 Å². The lowest BCUT2D eigenvalue weighted by atomic mass is 9.92. The molecule has 1 aromatic rings. The molecule has 3 N–H and O–H groups in total. The molecule has 1 rings (SSSR count). The largest absolute Gasteiger partial charge is 0.490 e. The summed E-state index contributed by atoms with van der Waals surface area (Å²) in [6.07, 6.45) is 0.470. The predicted octanol–water partition coefficient (Wildman–Crippen LogP) is 2.40. The van der Waals surface area contributed by atoms with Crippen LogP contribution < -0.4 is 15.8 Å². The fourth-order valence-electron chi connectivity index (χ4n) is 1.54. The molecule has 0 bridgehead atoms. The molecule has 0 radical (unpaired) electrons. The minimum Gasteiger partial charge on any atom is -0.490 e. The zero-order valence-corrected chi connectivity index (χ0v) is 11.3. The van der Waals surface area contributed by atoms with Crippen LogP contribution in [0.15, 0.2) is 24.3 Å². The van der Waals surface area contributed by atoms with Crippen molar-refractivity contribution in [2.24, 2.45) is 11.1 Å². The van der Waals surface area contributed by atoms with E-state index >= 15 is 0 Å². The third-order valence-corrected chi connectivity index (χ3v) is 2.23. The summed E-state index contributed by atoms with van der Waals surface area (Å²) in [4.78, 5) is 11.9. The summed E-state index contributed by atoms with van der Waals surface area (Å²) in [5, 5.41) is 2.87. The summed E-state index contributed by atoms with van der Waals surface area (Å²) in [7, 11) is 0. The van der Waals surface area contributed by atoms with Crippen molar-refractivity contribution >= 4 is 11.6 Å². The molecule has 18 heavy (non-hydrogen) atoms. The lowest BCUT2D eigenvalue weighted by Crippen LogP contribution is -2.20. The smallest absolute Gasteiger partial charge is 0.224 e. The maximum absolute atomic E-state index is 11.9. The highest BCUT2D eigenvalue weighted by Crippen LogP contribution is 2.25. The Balaban J connectivity index is 2.68. The molecule has 0 spiro atoms. The molecule has 0 heterocycles. The van der Waals surface area contributed by atoms with Crippen LogP contribution in [0.4, 0.5) is 5.69 Å². The summed E-state index contributed by atoms with van der Waals surface area (Å²) >= 11 is 0. The normalized spacial score (nSPS) is 11.1. The monoisotopic (exact) mass is 250 g/mol. The van der Waals surface area contributed by atoms with Gasteiger partial charge >= 0.3 is 0 Å². The number of carbonyl (C=O) groups is 1. The minimum absolute atomic E-state index is 0.00806. The van der Waals surface area contributed by atoms with Gasteiger partial charge in [-0.3, -0.25) is 4.79 Å². The Morgan fingerprint density at radius 3 is 2.61 bits per heavy atom. The first kappa shape index (κ1) is 14.5. The molecule has 0 aromatic heterocycles. The number of nitrogens with two attached hydrogens (primary N) is 1. The number of para-hydroxylation sites is 2. The van der Waals surface area contributed by atoms with Crippen molar-refractivity contribution in [3.05, 3.63) is 24.3 Å². The van der Waals surface area contributed by atoms with Crippen LogP contribution in [-0.2, 0) is 4.79 Å². The summed E-state index contributed by atoms with van der Waals surface area (Å²) < 4.78 is 5.48. The van der Waals surface area contributed by atoms with Gasteiger partial charge in [0.25, 0.3) is 0 Å². The zero-order chi connectivity index (χ0) is 13.6. The van der Waals surface area contributed by atoms with Crippen LogP contribution in [0, 0.1) is 5.41 Å². The molecule has 0 unspecified atom stereocenters. The molecular formula is C14H22N2O2. The van der Waals surface area contributed by atoms with Crippen molar-refractivity contribution in [1.29, 1.82) is 0 Å². The number of hydrogen-bond donors (Lipinski definition) is 2. The number of carbonyl (C=O) groups excluding carboxylic acids is 1. The van der Waals surface area contributed by atoms with E-state index in [1.807, 2.05) is 45.0 Å². The van der Waals surface area contributed by atoms with Gasteiger partial charge in [0.05, 0.1) is 5.69 Å². The van der Waals surface area contributed by atoms with Crippen LogP contribution in [0.3, 0.4) is 0 Å². The Labute approximate surface area is 109 Å². The van der Waals surface area contributed by atoms with E-state index in [1.54, 1.807) is 0 Å². The van der Waals surface area contributed by atoms with Gasteiger partial charge in [-0.05, 0) is 17.5 Å². The fraction of sp³-hybridized carbons (Fsp3) is 0.500. The SMILES string of the molecule is CC(C)(C)CC(=O)Nc1ccccc1OCCN. The lowest BCUT2D eigenvalue weighted by Gasteiger charge is -2.18. The highest BCUT2D eigenvalue weighted by molar-refractivity contribution is 5.92. The van der Waals surface area contributed by atoms with E-state index in [9.17, 15) is 4.79 Å². The quantitative estimate of drug-likeness (QED) is 0.843. The zero-order valence-electron chi connectivity index (χ0n) is 11.3. The molecule has 4 nitrogen and oxygen atoms in total. The Kier molecular flexibility index (Phi) is 5.16. The molecule has 4 heteroatoms. The average molecular weight is 250 g/mol. The van der Waals surface area contributed by atoms with E-state index in [1.165, 1.54) is 0 Å². The number of rotatable bonds is 5. The Morgan fingerprint density at radius 1 is 1.33 bits per heavy atom. The molecule has 0 saturated carbocycles. The van der Waals surface area contributed by atoms with Crippen LogP contribution in [0.2, 0.25) is 0 Å². The van der Waals surface area contributed by atoms with Gasteiger partial charge in [0.1, 0.15) is 12.4 Å². The molecular weight excluding hydrogens is 228 g/mol. The van der Waals surface area contributed by atoms with E-state index in [0.717, 1.165) is 0 Å². The Hall–Kier alpha value is -1.55. The van der Waals surface area contributed by atoms with E-state index in [-0.39, 0.29) is 11.3 Å². The molecule has 0 aliphatic heterocycles. The average Bonchev–Trinajstić information content (AvgIpc) is 2.25. The Bertz CT molecular complexity index is 397. The van der Waals surface area contributed by atoms with Gasteiger partial charge in [0, 0.05) is 13.0 Å². The first-order valence-corrected chi connectivity index (χ1v) is 6.14. The van der Waals surface area contributed by atoms with Crippen LogP contribution in [0.25, 0.3) is 0 Å². The van der Waals surface area contributed by atoms with Gasteiger partial charge in [-0.25, -0.2) is 0 Å². The van der Waals surface area contributed by atoms with E-state index in [2.05, 4.69) is 5.32 Å². The number of hydrogen-bond acceptors (Lipinski definition) is 3. The van der Waals surface area contributed by atoms with E-state index in [0.29, 0.717) is 31.0 Å². The highest BCUT2D eigenvalue weighted by atomic mass is 16.5. The molecule has 0 aliphatic rings. The van der Waals surface area contributed by atoms with Crippen molar-refractivity contribution in [3.8, 4) is 5.75 Å². The maximum atomic E-state index is 11.9. The number of anilines is 1.